The molecule has 0 aromatic rings. The summed E-state index contributed by atoms with van der Waals surface area (Å²) in [6.45, 7) is 1.63. The maximum absolute atomic E-state index is 12.0. The molecule has 0 aliphatic carbocycles. The van der Waals surface area contributed by atoms with E-state index in [0.29, 0.717) is 5.57 Å². The lowest BCUT2D eigenvalue weighted by Crippen LogP contribution is -2.47. The second-order valence-electron chi connectivity index (χ2n) is 4.88. The minimum Gasteiger partial charge on any atom is -0.359 e. The van der Waals surface area contributed by atoms with Gasteiger partial charge in [0.25, 0.3) is 11.8 Å². The fourth-order valence-corrected chi connectivity index (χ4v) is 1.88. The molecule has 0 bridgehead atoms. The predicted octanol–water partition coefficient (Wildman–Crippen LogP) is -0.973. The lowest BCUT2D eigenvalue weighted by molar-refractivity contribution is -0.142. The molecule has 130 valence electrons. The molecule has 3 amide bonds. The highest BCUT2D eigenvalue weighted by Gasteiger charge is 2.30. The van der Waals surface area contributed by atoms with Crippen LogP contribution in [0.15, 0.2) is 11.6 Å². The molecule has 0 aromatic carbocycles. The average Bonchev–Trinajstić information content (AvgIpc) is 2.74. The van der Waals surface area contributed by atoms with Gasteiger partial charge in [0.05, 0.1) is 19.3 Å². The summed E-state index contributed by atoms with van der Waals surface area (Å²) in [6, 6.07) is -0.463. The lowest BCUT2D eigenvalue weighted by atomic mass is 10.3. The number of carbonyl (C=O) groups is 3. The molecule has 0 saturated heterocycles. The molecular formula is C14H22N2O7. The van der Waals surface area contributed by atoms with Crippen molar-refractivity contribution in [3.63, 3.8) is 0 Å². The van der Waals surface area contributed by atoms with Gasteiger partial charge in [-0.2, -0.15) is 0 Å². The largest absolute Gasteiger partial charge is 0.359 e. The van der Waals surface area contributed by atoms with Crippen LogP contribution < -0.4 is 5.32 Å². The van der Waals surface area contributed by atoms with Crippen LogP contribution in [0.1, 0.15) is 6.92 Å². The molecule has 0 atom stereocenters. The van der Waals surface area contributed by atoms with Gasteiger partial charge in [0, 0.05) is 25.9 Å². The van der Waals surface area contributed by atoms with E-state index in [9.17, 15) is 14.4 Å². The van der Waals surface area contributed by atoms with E-state index in [1.807, 2.05) is 0 Å². The maximum Gasteiger partial charge on any atom is 0.257 e. The molecule has 1 rings (SSSR count). The Labute approximate surface area is 134 Å². The number of ether oxygens (including phenoxy) is 4. The molecule has 0 fully saturated rings. The van der Waals surface area contributed by atoms with Gasteiger partial charge in [0.1, 0.15) is 20.1 Å². The normalized spacial score (nSPS) is 14.6. The predicted molar refractivity (Wildman–Crippen MR) is 78.1 cm³/mol. The molecule has 0 radical (unpaired) electrons. The van der Waals surface area contributed by atoms with Gasteiger partial charge in [0.15, 0.2) is 0 Å². The highest BCUT2D eigenvalue weighted by atomic mass is 16.7. The number of nitrogens with zero attached hydrogens (tertiary/aromatic N) is 1. The summed E-state index contributed by atoms with van der Waals surface area (Å²) in [6.07, 6.45) is 1.20. The fraction of sp³-hybridized carbons (Fsp3) is 0.643. The molecule has 1 aliphatic rings. The highest BCUT2D eigenvalue weighted by Crippen LogP contribution is 2.11. The van der Waals surface area contributed by atoms with E-state index in [2.05, 4.69) is 5.32 Å². The fourth-order valence-electron chi connectivity index (χ4n) is 1.88. The molecule has 0 aromatic heterocycles. The SMILES string of the molecule is COCOCC(COCOC)NC(=O)CN1C(=O)C=C(C)C1=O. The van der Waals surface area contributed by atoms with E-state index in [1.54, 1.807) is 0 Å². The first-order valence-electron chi connectivity index (χ1n) is 6.96. The molecule has 1 aliphatic heterocycles. The van der Waals surface area contributed by atoms with Crippen LogP contribution in [-0.4, -0.2) is 76.2 Å². The Morgan fingerprint density at radius 2 is 1.74 bits per heavy atom. The van der Waals surface area contributed by atoms with Crippen molar-refractivity contribution in [2.45, 2.75) is 13.0 Å². The van der Waals surface area contributed by atoms with Crippen molar-refractivity contribution in [2.75, 3.05) is 47.6 Å². The third kappa shape index (κ3) is 6.45. The average molecular weight is 330 g/mol. The van der Waals surface area contributed by atoms with Crippen molar-refractivity contribution in [1.29, 1.82) is 0 Å². The molecule has 23 heavy (non-hydrogen) atoms. The summed E-state index contributed by atoms with van der Waals surface area (Å²) in [5.74, 6) is -1.44. The van der Waals surface area contributed by atoms with E-state index in [-0.39, 0.29) is 33.3 Å². The van der Waals surface area contributed by atoms with Crippen molar-refractivity contribution in [3.05, 3.63) is 11.6 Å². The van der Waals surface area contributed by atoms with Gasteiger partial charge in [0.2, 0.25) is 5.91 Å². The third-order valence-corrected chi connectivity index (χ3v) is 2.90. The first kappa shape index (κ1) is 19.2. The number of rotatable bonds is 11. The summed E-state index contributed by atoms with van der Waals surface area (Å²) in [5, 5.41) is 2.65. The van der Waals surface area contributed by atoms with Gasteiger partial charge in [-0.25, -0.2) is 0 Å². The Balaban J connectivity index is 2.48. The maximum atomic E-state index is 12.0. The second-order valence-corrected chi connectivity index (χ2v) is 4.88. The van der Waals surface area contributed by atoms with E-state index < -0.39 is 23.8 Å². The molecule has 9 nitrogen and oxygen atoms in total. The van der Waals surface area contributed by atoms with Crippen LogP contribution in [-0.2, 0) is 33.3 Å². The highest BCUT2D eigenvalue weighted by molar-refractivity contribution is 6.17. The van der Waals surface area contributed by atoms with Gasteiger partial charge in [-0.3, -0.25) is 19.3 Å². The lowest BCUT2D eigenvalue weighted by Gasteiger charge is -2.20. The Morgan fingerprint density at radius 3 is 2.17 bits per heavy atom. The van der Waals surface area contributed by atoms with Crippen molar-refractivity contribution < 1.29 is 33.3 Å². The van der Waals surface area contributed by atoms with Crippen molar-refractivity contribution in [1.82, 2.24) is 10.2 Å². The van der Waals surface area contributed by atoms with E-state index in [1.165, 1.54) is 27.2 Å². The van der Waals surface area contributed by atoms with Gasteiger partial charge in [-0.15, -0.1) is 0 Å². The van der Waals surface area contributed by atoms with Crippen LogP contribution in [0.2, 0.25) is 0 Å². The Bertz CT molecular complexity index is 454. The molecular weight excluding hydrogens is 308 g/mol. The third-order valence-electron chi connectivity index (χ3n) is 2.90. The summed E-state index contributed by atoms with van der Waals surface area (Å²) < 4.78 is 19.9. The molecule has 0 saturated carbocycles. The number of hydrogen-bond acceptors (Lipinski definition) is 7. The van der Waals surface area contributed by atoms with Crippen LogP contribution in [0.3, 0.4) is 0 Å². The van der Waals surface area contributed by atoms with Crippen LogP contribution in [0, 0.1) is 0 Å². The van der Waals surface area contributed by atoms with Crippen molar-refractivity contribution >= 4 is 17.7 Å². The standard InChI is InChI=1S/C14H22N2O7/c1-10-4-13(18)16(14(10)19)5-12(17)15-11(6-22-8-20-2)7-23-9-21-3/h4,11H,5-9H2,1-3H3,(H,15,17). The summed E-state index contributed by atoms with van der Waals surface area (Å²) >= 11 is 0. The van der Waals surface area contributed by atoms with E-state index in [4.69, 9.17) is 18.9 Å². The zero-order valence-electron chi connectivity index (χ0n) is 13.5. The minimum absolute atomic E-state index is 0.0723. The smallest absolute Gasteiger partial charge is 0.257 e. The molecule has 1 heterocycles. The first-order chi connectivity index (χ1) is 11.0. The van der Waals surface area contributed by atoms with Crippen LogP contribution in [0.4, 0.5) is 0 Å². The van der Waals surface area contributed by atoms with Crippen LogP contribution in [0.5, 0.6) is 0 Å². The number of hydrogen-bond donors (Lipinski definition) is 1. The molecule has 0 unspecified atom stereocenters. The second kappa shape index (κ2) is 10.1. The van der Waals surface area contributed by atoms with Gasteiger partial charge >= 0.3 is 0 Å². The first-order valence-corrected chi connectivity index (χ1v) is 6.96. The Kier molecular flexibility index (Phi) is 8.41. The number of imide groups is 1. The van der Waals surface area contributed by atoms with Crippen molar-refractivity contribution in [2.24, 2.45) is 0 Å². The quantitative estimate of drug-likeness (QED) is 0.295. The Morgan fingerprint density at radius 1 is 1.17 bits per heavy atom. The minimum atomic E-state index is -0.495. The number of nitrogens with one attached hydrogen (secondary N) is 1. The van der Waals surface area contributed by atoms with Crippen LogP contribution in [0.25, 0.3) is 0 Å². The van der Waals surface area contributed by atoms with E-state index in [0.717, 1.165) is 4.90 Å². The van der Waals surface area contributed by atoms with E-state index >= 15 is 0 Å². The van der Waals surface area contributed by atoms with Gasteiger partial charge < -0.3 is 24.3 Å². The van der Waals surface area contributed by atoms with Gasteiger partial charge in [-0.05, 0) is 6.92 Å². The summed E-state index contributed by atoms with van der Waals surface area (Å²) in [7, 11) is 2.96. The zero-order chi connectivity index (χ0) is 17.2. The molecule has 1 N–H and O–H groups in total. The summed E-state index contributed by atoms with van der Waals surface area (Å²) in [4.78, 5) is 36.2. The Hall–Kier alpha value is -1.81. The number of amides is 3. The van der Waals surface area contributed by atoms with Crippen molar-refractivity contribution in [3.8, 4) is 0 Å². The number of carbonyl (C=O) groups excluding carboxylic acids is 3. The number of methoxy groups -OCH3 is 2. The monoisotopic (exact) mass is 330 g/mol. The van der Waals surface area contributed by atoms with Gasteiger partial charge in [-0.1, -0.05) is 0 Å². The van der Waals surface area contributed by atoms with Crippen LogP contribution >= 0.6 is 0 Å². The molecule has 9 heteroatoms. The zero-order valence-corrected chi connectivity index (χ0v) is 13.5. The topological polar surface area (TPSA) is 103 Å². The summed E-state index contributed by atoms with van der Waals surface area (Å²) in [5.41, 5.74) is 0.311. The molecule has 0 spiro atoms.